The van der Waals surface area contributed by atoms with Gasteiger partial charge in [0.25, 0.3) is 5.69 Å². The van der Waals surface area contributed by atoms with E-state index in [1.165, 1.54) is 19.2 Å². The van der Waals surface area contributed by atoms with Crippen molar-refractivity contribution in [2.24, 2.45) is 7.05 Å². The van der Waals surface area contributed by atoms with E-state index in [0.717, 1.165) is 5.69 Å². The molecular weight excluding hydrogens is 248 g/mol. The molecule has 2 aromatic rings. The zero-order valence-electron chi connectivity index (χ0n) is 10.7. The van der Waals surface area contributed by atoms with E-state index in [4.69, 9.17) is 4.74 Å². The second kappa shape index (κ2) is 5.38. The lowest BCUT2D eigenvalue weighted by Crippen LogP contribution is -2.02. The number of nitrogens with zero attached hydrogens (tertiary/aromatic N) is 3. The van der Waals surface area contributed by atoms with Crippen LogP contribution < -0.4 is 10.1 Å². The number of nitrogens with one attached hydrogen (secondary N) is 1. The van der Waals surface area contributed by atoms with Crippen LogP contribution in [0.3, 0.4) is 0 Å². The van der Waals surface area contributed by atoms with Crippen molar-refractivity contribution in [1.29, 1.82) is 0 Å². The molecule has 0 radical (unpaired) electrons. The first kappa shape index (κ1) is 12.9. The number of anilines is 1. The maximum Gasteiger partial charge on any atom is 0.275 e. The van der Waals surface area contributed by atoms with Crippen LogP contribution in [-0.2, 0) is 13.6 Å². The average molecular weight is 262 g/mol. The summed E-state index contributed by atoms with van der Waals surface area (Å²) in [7, 11) is 3.31. The van der Waals surface area contributed by atoms with Crippen LogP contribution in [-0.4, -0.2) is 21.8 Å². The number of aryl methyl sites for hydroxylation is 1. The molecular formula is C12H14N4O3. The largest absolute Gasteiger partial charge is 0.496 e. The highest BCUT2D eigenvalue weighted by Crippen LogP contribution is 2.25. The fourth-order valence-corrected chi connectivity index (χ4v) is 1.66. The minimum Gasteiger partial charge on any atom is -0.496 e. The van der Waals surface area contributed by atoms with Gasteiger partial charge in [-0.2, -0.15) is 5.10 Å². The van der Waals surface area contributed by atoms with Gasteiger partial charge < -0.3 is 10.1 Å². The first-order valence-electron chi connectivity index (χ1n) is 5.64. The van der Waals surface area contributed by atoms with E-state index >= 15 is 0 Å². The number of nitro groups is 1. The Morgan fingerprint density at radius 1 is 1.47 bits per heavy atom. The van der Waals surface area contributed by atoms with E-state index in [9.17, 15) is 10.1 Å². The van der Waals surface area contributed by atoms with Crippen LogP contribution in [0.2, 0.25) is 0 Å². The van der Waals surface area contributed by atoms with E-state index in [-0.39, 0.29) is 5.69 Å². The molecule has 7 nitrogen and oxygen atoms in total. The standard InChI is InChI=1S/C12H14N4O3/c1-15-4-3-9(14-15)8-13-10-5-11(16(17)18)7-12(6-10)19-2/h3-7,13H,8H2,1-2H3. The molecule has 100 valence electrons. The van der Waals surface area contributed by atoms with Crippen LogP contribution in [0.15, 0.2) is 30.5 Å². The molecule has 7 heteroatoms. The lowest BCUT2D eigenvalue weighted by Gasteiger charge is -2.07. The van der Waals surface area contributed by atoms with Crippen LogP contribution in [0.4, 0.5) is 11.4 Å². The highest BCUT2D eigenvalue weighted by molar-refractivity contribution is 5.56. The molecule has 2 rings (SSSR count). The molecule has 0 atom stereocenters. The van der Waals surface area contributed by atoms with E-state index in [1.54, 1.807) is 10.7 Å². The summed E-state index contributed by atoms with van der Waals surface area (Å²) in [5.74, 6) is 0.442. The fourth-order valence-electron chi connectivity index (χ4n) is 1.66. The van der Waals surface area contributed by atoms with Gasteiger partial charge in [0.05, 0.1) is 30.3 Å². The lowest BCUT2D eigenvalue weighted by atomic mass is 10.2. The average Bonchev–Trinajstić information content (AvgIpc) is 2.81. The normalized spacial score (nSPS) is 10.2. The SMILES string of the molecule is COc1cc(NCc2ccn(C)n2)cc([N+](=O)[O-])c1. The van der Waals surface area contributed by atoms with E-state index in [2.05, 4.69) is 10.4 Å². The Kier molecular flexibility index (Phi) is 3.65. The number of ether oxygens (including phenoxy) is 1. The van der Waals surface area contributed by atoms with Crippen molar-refractivity contribution < 1.29 is 9.66 Å². The van der Waals surface area contributed by atoms with Gasteiger partial charge in [-0.3, -0.25) is 14.8 Å². The molecule has 0 aliphatic rings. The van der Waals surface area contributed by atoms with Gasteiger partial charge in [0.15, 0.2) is 0 Å². The number of rotatable bonds is 5. The summed E-state index contributed by atoms with van der Waals surface area (Å²) in [4.78, 5) is 10.4. The van der Waals surface area contributed by atoms with Crippen LogP contribution in [0.1, 0.15) is 5.69 Å². The molecule has 0 aliphatic carbocycles. The van der Waals surface area contributed by atoms with Crippen LogP contribution in [0.5, 0.6) is 5.75 Å². The molecule has 0 aliphatic heterocycles. The number of hydrogen-bond acceptors (Lipinski definition) is 5. The van der Waals surface area contributed by atoms with Gasteiger partial charge in [-0.25, -0.2) is 0 Å². The topological polar surface area (TPSA) is 82.2 Å². The van der Waals surface area contributed by atoms with Crippen molar-refractivity contribution >= 4 is 11.4 Å². The van der Waals surface area contributed by atoms with Gasteiger partial charge in [-0.05, 0) is 6.07 Å². The number of benzene rings is 1. The molecule has 0 amide bonds. The van der Waals surface area contributed by atoms with Crippen molar-refractivity contribution in [2.75, 3.05) is 12.4 Å². The van der Waals surface area contributed by atoms with Gasteiger partial charge in [0.1, 0.15) is 5.75 Å². The highest BCUT2D eigenvalue weighted by Gasteiger charge is 2.10. The Morgan fingerprint density at radius 2 is 2.26 bits per heavy atom. The number of methoxy groups -OCH3 is 1. The highest BCUT2D eigenvalue weighted by atomic mass is 16.6. The van der Waals surface area contributed by atoms with Crippen molar-refractivity contribution in [3.8, 4) is 5.75 Å². The summed E-state index contributed by atoms with van der Waals surface area (Å²) < 4.78 is 6.74. The van der Waals surface area contributed by atoms with Crippen molar-refractivity contribution in [2.45, 2.75) is 6.54 Å². The summed E-state index contributed by atoms with van der Waals surface area (Å²) in [5, 5.41) is 18.1. The third-order valence-corrected chi connectivity index (χ3v) is 2.58. The monoisotopic (exact) mass is 262 g/mol. The molecule has 1 aromatic carbocycles. The smallest absolute Gasteiger partial charge is 0.275 e. The molecule has 1 aromatic heterocycles. The number of aromatic nitrogens is 2. The quantitative estimate of drug-likeness (QED) is 0.657. The summed E-state index contributed by atoms with van der Waals surface area (Å²) >= 11 is 0. The zero-order chi connectivity index (χ0) is 13.8. The third kappa shape index (κ3) is 3.21. The predicted octanol–water partition coefficient (Wildman–Crippen LogP) is 1.95. The molecule has 19 heavy (non-hydrogen) atoms. The van der Waals surface area contributed by atoms with Gasteiger partial charge in [-0.1, -0.05) is 0 Å². The summed E-state index contributed by atoms with van der Waals surface area (Å²) in [5.41, 5.74) is 1.47. The van der Waals surface area contributed by atoms with Crippen LogP contribution in [0, 0.1) is 10.1 Å². The summed E-state index contributed by atoms with van der Waals surface area (Å²) in [6.07, 6.45) is 1.84. The fraction of sp³-hybridized carbons (Fsp3) is 0.250. The van der Waals surface area contributed by atoms with Gasteiger partial charge >= 0.3 is 0 Å². The zero-order valence-corrected chi connectivity index (χ0v) is 10.7. The number of hydrogen-bond donors (Lipinski definition) is 1. The molecule has 0 saturated heterocycles. The minimum absolute atomic E-state index is 0.0112. The van der Waals surface area contributed by atoms with Crippen LogP contribution in [0.25, 0.3) is 0 Å². The van der Waals surface area contributed by atoms with Crippen molar-refractivity contribution in [3.05, 3.63) is 46.3 Å². The Bertz CT molecular complexity index is 594. The molecule has 0 saturated carbocycles. The molecule has 1 N–H and O–H groups in total. The Hall–Kier alpha value is -2.57. The second-order valence-corrected chi connectivity index (χ2v) is 4.01. The first-order valence-corrected chi connectivity index (χ1v) is 5.64. The molecule has 0 bridgehead atoms. The van der Waals surface area contributed by atoms with Gasteiger partial charge in [0, 0.05) is 31.1 Å². The Labute approximate surface area is 110 Å². The van der Waals surface area contributed by atoms with Gasteiger partial charge in [0.2, 0.25) is 0 Å². The van der Waals surface area contributed by atoms with E-state index < -0.39 is 4.92 Å². The Morgan fingerprint density at radius 3 is 2.84 bits per heavy atom. The molecule has 1 heterocycles. The molecule has 0 fully saturated rings. The van der Waals surface area contributed by atoms with E-state index in [0.29, 0.717) is 18.0 Å². The third-order valence-electron chi connectivity index (χ3n) is 2.58. The Balaban J connectivity index is 2.15. The van der Waals surface area contributed by atoms with Crippen molar-refractivity contribution in [3.63, 3.8) is 0 Å². The number of nitro benzene ring substituents is 1. The maximum atomic E-state index is 10.8. The van der Waals surface area contributed by atoms with Crippen LogP contribution >= 0.6 is 0 Å². The molecule has 0 spiro atoms. The van der Waals surface area contributed by atoms with Crippen molar-refractivity contribution in [1.82, 2.24) is 9.78 Å². The molecule has 0 unspecified atom stereocenters. The summed E-state index contributed by atoms with van der Waals surface area (Å²) in [6.45, 7) is 0.491. The summed E-state index contributed by atoms with van der Waals surface area (Å²) in [6, 6.07) is 6.43. The van der Waals surface area contributed by atoms with E-state index in [1.807, 2.05) is 19.3 Å². The maximum absolute atomic E-state index is 10.8. The van der Waals surface area contributed by atoms with Gasteiger partial charge in [-0.15, -0.1) is 0 Å². The first-order chi connectivity index (χ1) is 9.08. The lowest BCUT2D eigenvalue weighted by molar-refractivity contribution is -0.384. The number of non-ortho nitro benzene ring substituents is 1. The minimum atomic E-state index is -0.450. The second-order valence-electron chi connectivity index (χ2n) is 4.01. The predicted molar refractivity (Wildman–Crippen MR) is 70.2 cm³/mol.